The maximum Gasteiger partial charge on any atom is 0.229 e. The number of carbonyl (C=O) groups is 1. The van der Waals surface area contributed by atoms with E-state index in [9.17, 15) is 4.79 Å². The third kappa shape index (κ3) is 4.08. The molecular formula is C22H24N4O. The van der Waals surface area contributed by atoms with Crippen LogP contribution in [0.3, 0.4) is 0 Å². The van der Waals surface area contributed by atoms with Crippen LogP contribution in [0.15, 0.2) is 48.5 Å². The summed E-state index contributed by atoms with van der Waals surface area (Å²) in [5.41, 5.74) is 2.46. The van der Waals surface area contributed by atoms with Crippen molar-refractivity contribution in [3.8, 4) is 0 Å². The lowest BCUT2D eigenvalue weighted by Crippen LogP contribution is -2.23. The van der Waals surface area contributed by atoms with E-state index in [0.29, 0.717) is 17.6 Å². The topological polar surface area (TPSA) is 66.9 Å². The van der Waals surface area contributed by atoms with Gasteiger partial charge >= 0.3 is 0 Å². The van der Waals surface area contributed by atoms with Gasteiger partial charge in [0.2, 0.25) is 5.95 Å². The standard InChI is InChI=1S/C22H24N4O/c1-15(27)16-11-13-18(14-12-16)24-22-25-20-10-6-5-9-19(20)21(26-22)23-17-7-3-2-4-8-17/h5-6,9-14,17H,2-4,7-8H2,1H3,(H2,23,24,25,26). The molecule has 0 bridgehead atoms. The monoisotopic (exact) mass is 360 g/mol. The molecule has 1 fully saturated rings. The van der Waals surface area contributed by atoms with Crippen LogP contribution in [0.5, 0.6) is 0 Å². The van der Waals surface area contributed by atoms with Gasteiger partial charge in [0.25, 0.3) is 0 Å². The summed E-state index contributed by atoms with van der Waals surface area (Å²) in [5, 5.41) is 7.95. The Kier molecular flexibility index (Phi) is 5.01. The summed E-state index contributed by atoms with van der Waals surface area (Å²) in [4.78, 5) is 20.8. The van der Waals surface area contributed by atoms with Crippen molar-refractivity contribution in [2.45, 2.75) is 45.1 Å². The first-order valence-electron chi connectivity index (χ1n) is 9.60. The molecule has 138 valence electrons. The first-order valence-corrected chi connectivity index (χ1v) is 9.60. The predicted octanol–water partition coefficient (Wildman–Crippen LogP) is 5.32. The van der Waals surface area contributed by atoms with Gasteiger partial charge in [0.15, 0.2) is 5.78 Å². The minimum Gasteiger partial charge on any atom is -0.367 e. The molecule has 1 heterocycles. The minimum atomic E-state index is 0.0578. The van der Waals surface area contributed by atoms with Crippen LogP contribution in [-0.4, -0.2) is 21.8 Å². The Balaban J connectivity index is 1.63. The molecule has 0 spiro atoms. The molecule has 0 radical (unpaired) electrons. The minimum absolute atomic E-state index is 0.0578. The van der Waals surface area contributed by atoms with Crippen molar-refractivity contribution in [1.82, 2.24) is 9.97 Å². The summed E-state index contributed by atoms with van der Waals surface area (Å²) >= 11 is 0. The number of anilines is 3. The van der Waals surface area contributed by atoms with Crippen molar-refractivity contribution in [3.63, 3.8) is 0 Å². The predicted molar refractivity (Wildman–Crippen MR) is 110 cm³/mol. The molecule has 3 aromatic rings. The quantitative estimate of drug-likeness (QED) is 0.603. The fourth-order valence-electron chi connectivity index (χ4n) is 3.60. The van der Waals surface area contributed by atoms with Crippen molar-refractivity contribution in [2.24, 2.45) is 0 Å². The number of nitrogens with zero attached hydrogens (tertiary/aromatic N) is 2. The highest BCUT2D eigenvalue weighted by Crippen LogP contribution is 2.27. The van der Waals surface area contributed by atoms with Gasteiger partial charge in [-0.1, -0.05) is 31.4 Å². The molecule has 1 aliphatic carbocycles. The van der Waals surface area contributed by atoms with E-state index >= 15 is 0 Å². The van der Waals surface area contributed by atoms with Gasteiger partial charge in [0.05, 0.1) is 5.52 Å². The summed E-state index contributed by atoms with van der Waals surface area (Å²) in [7, 11) is 0. The lowest BCUT2D eigenvalue weighted by molar-refractivity contribution is 0.101. The van der Waals surface area contributed by atoms with Crippen LogP contribution in [-0.2, 0) is 0 Å². The Bertz CT molecular complexity index is 946. The molecule has 2 aromatic carbocycles. The van der Waals surface area contributed by atoms with Crippen LogP contribution in [0.4, 0.5) is 17.5 Å². The summed E-state index contributed by atoms with van der Waals surface area (Å²) in [6.45, 7) is 1.57. The highest BCUT2D eigenvalue weighted by molar-refractivity contribution is 5.94. The van der Waals surface area contributed by atoms with E-state index in [1.54, 1.807) is 6.92 Å². The number of para-hydroxylation sites is 1. The third-order valence-electron chi connectivity index (χ3n) is 5.10. The van der Waals surface area contributed by atoms with E-state index < -0.39 is 0 Å². The third-order valence-corrected chi connectivity index (χ3v) is 5.10. The van der Waals surface area contributed by atoms with Crippen LogP contribution >= 0.6 is 0 Å². The second-order valence-electron chi connectivity index (χ2n) is 7.15. The Hall–Kier alpha value is -2.95. The molecule has 2 N–H and O–H groups in total. The molecule has 27 heavy (non-hydrogen) atoms. The van der Waals surface area contributed by atoms with E-state index in [0.717, 1.165) is 22.4 Å². The van der Waals surface area contributed by atoms with Crippen molar-refractivity contribution < 1.29 is 4.79 Å². The van der Waals surface area contributed by atoms with Gasteiger partial charge in [0, 0.05) is 22.7 Å². The zero-order valence-electron chi connectivity index (χ0n) is 15.5. The zero-order chi connectivity index (χ0) is 18.6. The fraction of sp³-hybridized carbons (Fsp3) is 0.318. The molecule has 4 rings (SSSR count). The highest BCUT2D eigenvalue weighted by atomic mass is 16.1. The fourth-order valence-corrected chi connectivity index (χ4v) is 3.60. The Labute approximate surface area is 159 Å². The summed E-state index contributed by atoms with van der Waals surface area (Å²) in [5.74, 6) is 1.50. The average molecular weight is 360 g/mol. The molecule has 5 nitrogen and oxygen atoms in total. The van der Waals surface area contributed by atoms with E-state index in [1.165, 1.54) is 32.1 Å². The number of nitrogens with one attached hydrogen (secondary N) is 2. The van der Waals surface area contributed by atoms with Crippen molar-refractivity contribution in [3.05, 3.63) is 54.1 Å². The summed E-state index contributed by atoms with van der Waals surface area (Å²) in [6, 6.07) is 15.9. The molecule has 1 saturated carbocycles. The largest absolute Gasteiger partial charge is 0.367 e. The number of fused-ring (bicyclic) bond motifs is 1. The van der Waals surface area contributed by atoms with E-state index in [1.807, 2.05) is 42.5 Å². The lowest BCUT2D eigenvalue weighted by atomic mass is 9.95. The van der Waals surface area contributed by atoms with Crippen molar-refractivity contribution in [2.75, 3.05) is 10.6 Å². The Morgan fingerprint density at radius 2 is 1.70 bits per heavy atom. The number of Topliss-reactive ketones (excluding diaryl/α,β-unsaturated/α-hetero) is 1. The van der Waals surface area contributed by atoms with Gasteiger partial charge < -0.3 is 10.6 Å². The molecule has 0 amide bonds. The van der Waals surface area contributed by atoms with Gasteiger partial charge in [-0.25, -0.2) is 4.98 Å². The van der Waals surface area contributed by atoms with Gasteiger partial charge in [-0.15, -0.1) is 0 Å². The molecule has 0 atom stereocenters. The molecule has 1 aliphatic rings. The summed E-state index contributed by atoms with van der Waals surface area (Å²) < 4.78 is 0. The number of hydrogen-bond donors (Lipinski definition) is 2. The van der Waals surface area contributed by atoms with Gasteiger partial charge in [-0.3, -0.25) is 4.79 Å². The number of rotatable bonds is 5. The van der Waals surface area contributed by atoms with Gasteiger partial charge in [0.1, 0.15) is 5.82 Å². The number of carbonyl (C=O) groups excluding carboxylic acids is 1. The van der Waals surface area contributed by atoms with Crippen LogP contribution < -0.4 is 10.6 Å². The smallest absolute Gasteiger partial charge is 0.229 e. The number of ketones is 1. The maximum atomic E-state index is 11.4. The van der Waals surface area contributed by atoms with Crippen LogP contribution in [0.1, 0.15) is 49.4 Å². The maximum absolute atomic E-state index is 11.4. The molecule has 5 heteroatoms. The number of benzene rings is 2. The van der Waals surface area contributed by atoms with Gasteiger partial charge in [-0.2, -0.15) is 4.98 Å². The summed E-state index contributed by atoms with van der Waals surface area (Å²) in [6.07, 6.45) is 6.25. The van der Waals surface area contributed by atoms with Crippen molar-refractivity contribution in [1.29, 1.82) is 0 Å². The SMILES string of the molecule is CC(=O)c1ccc(Nc2nc(NC3CCCCC3)c3ccccc3n2)cc1. The number of hydrogen-bond acceptors (Lipinski definition) is 5. The van der Waals surface area contributed by atoms with E-state index in [-0.39, 0.29) is 5.78 Å². The molecule has 1 aromatic heterocycles. The van der Waals surface area contributed by atoms with Crippen LogP contribution in [0.25, 0.3) is 10.9 Å². The van der Waals surface area contributed by atoms with Crippen LogP contribution in [0.2, 0.25) is 0 Å². The van der Waals surface area contributed by atoms with Crippen molar-refractivity contribution >= 4 is 34.1 Å². The van der Waals surface area contributed by atoms with E-state index in [2.05, 4.69) is 21.7 Å². The van der Waals surface area contributed by atoms with Gasteiger partial charge in [-0.05, 0) is 56.2 Å². The highest BCUT2D eigenvalue weighted by Gasteiger charge is 2.16. The molecule has 0 saturated heterocycles. The lowest BCUT2D eigenvalue weighted by Gasteiger charge is -2.24. The number of aromatic nitrogens is 2. The zero-order valence-corrected chi connectivity index (χ0v) is 15.5. The van der Waals surface area contributed by atoms with Crippen LogP contribution in [0, 0.1) is 0 Å². The molecule has 0 unspecified atom stereocenters. The molecular weight excluding hydrogens is 336 g/mol. The molecule has 0 aliphatic heterocycles. The first-order chi connectivity index (χ1) is 13.2. The first kappa shape index (κ1) is 17.5. The Morgan fingerprint density at radius 3 is 2.44 bits per heavy atom. The second kappa shape index (κ2) is 7.74. The second-order valence-corrected chi connectivity index (χ2v) is 7.15. The Morgan fingerprint density at radius 1 is 0.963 bits per heavy atom. The normalized spacial score (nSPS) is 14.9. The van der Waals surface area contributed by atoms with E-state index in [4.69, 9.17) is 4.98 Å². The average Bonchev–Trinajstić information content (AvgIpc) is 2.69.